The van der Waals surface area contributed by atoms with Crippen LogP contribution >= 0.6 is 0 Å². The van der Waals surface area contributed by atoms with Crippen molar-refractivity contribution in [3.8, 4) is 5.75 Å². The van der Waals surface area contributed by atoms with Gasteiger partial charge in [-0.25, -0.2) is 0 Å². The van der Waals surface area contributed by atoms with Crippen molar-refractivity contribution in [2.45, 2.75) is 32.9 Å². The Morgan fingerprint density at radius 2 is 1.91 bits per heavy atom. The second kappa shape index (κ2) is 6.57. The van der Waals surface area contributed by atoms with Gasteiger partial charge in [0.25, 0.3) is 0 Å². The highest BCUT2D eigenvalue weighted by atomic mass is 16.5. The van der Waals surface area contributed by atoms with Crippen molar-refractivity contribution in [2.75, 3.05) is 20.2 Å². The lowest BCUT2D eigenvalue weighted by molar-refractivity contribution is 0.204. The number of ether oxygens (including phenoxy) is 1. The minimum atomic E-state index is 0.339. The number of aryl methyl sites for hydroxylation is 1. The zero-order valence-electron chi connectivity index (χ0n) is 13.8. The SMILES string of the molecule is COc1ccc(C2c3cccn3CCCN2CC(C)C)cc1. The molecule has 0 aliphatic carbocycles. The first kappa shape index (κ1) is 15.2. The molecule has 0 saturated carbocycles. The van der Waals surface area contributed by atoms with Crippen LogP contribution in [0.3, 0.4) is 0 Å². The lowest BCUT2D eigenvalue weighted by atomic mass is 10.0. The molecule has 0 fully saturated rings. The Hall–Kier alpha value is -1.74. The quantitative estimate of drug-likeness (QED) is 0.850. The van der Waals surface area contributed by atoms with Crippen LogP contribution in [0.25, 0.3) is 0 Å². The van der Waals surface area contributed by atoms with Gasteiger partial charge in [0.2, 0.25) is 0 Å². The van der Waals surface area contributed by atoms with Crippen LogP contribution in [0.15, 0.2) is 42.6 Å². The van der Waals surface area contributed by atoms with E-state index in [-0.39, 0.29) is 0 Å². The second-order valence-corrected chi connectivity index (χ2v) is 6.54. The van der Waals surface area contributed by atoms with E-state index in [2.05, 4.69) is 65.9 Å². The lowest BCUT2D eigenvalue weighted by Gasteiger charge is -2.32. The van der Waals surface area contributed by atoms with E-state index in [0.29, 0.717) is 12.0 Å². The molecule has 0 bridgehead atoms. The Bertz CT molecular complexity index is 600. The summed E-state index contributed by atoms with van der Waals surface area (Å²) in [5, 5.41) is 0. The van der Waals surface area contributed by atoms with Crippen LogP contribution in [-0.4, -0.2) is 29.7 Å². The third-order valence-corrected chi connectivity index (χ3v) is 4.39. The number of nitrogens with zero attached hydrogens (tertiary/aromatic N) is 2. The van der Waals surface area contributed by atoms with Crippen molar-refractivity contribution >= 4 is 0 Å². The summed E-state index contributed by atoms with van der Waals surface area (Å²) in [5.41, 5.74) is 2.76. The maximum absolute atomic E-state index is 5.31. The monoisotopic (exact) mass is 298 g/mol. The van der Waals surface area contributed by atoms with Crippen LogP contribution in [0.2, 0.25) is 0 Å². The van der Waals surface area contributed by atoms with Crippen LogP contribution in [0.1, 0.15) is 37.6 Å². The molecule has 1 unspecified atom stereocenters. The van der Waals surface area contributed by atoms with Crippen molar-refractivity contribution in [1.82, 2.24) is 9.47 Å². The van der Waals surface area contributed by atoms with Gasteiger partial charge in [-0.2, -0.15) is 0 Å². The topological polar surface area (TPSA) is 17.4 Å². The molecule has 1 aromatic carbocycles. The van der Waals surface area contributed by atoms with Gasteiger partial charge in [0.05, 0.1) is 13.2 Å². The average molecular weight is 298 g/mol. The number of benzene rings is 1. The molecule has 1 aromatic heterocycles. The summed E-state index contributed by atoms with van der Waals surface area (Å²) in [4.78, 5) is 2.63. The van der Waals surface area contributed by atoms with E-state index in [1.807, 2.05) is 0 Å². The molecular formula is C19H26N2O. The van der Waals surface area contributed by atoms with E-state index in [1.54, 1.807) is 7.11 Å². The summed E-state index contributed by atoms with van der Waals surface area (Å²) in [6.07, 6.45) is 3.42. The number of methoxy groups -OCH3 is 1. The first-order valence-electron chi connectivity index (χ1n) is 8.22. The van der Waals surface area contributed by atoms with E-state index in [0.717, 1.165) is 25.4 Å². The van der Waals surface area contributed by atoms with Crippen LogP contribution in [0.5, 0.6) is 5.75 Å². The fourth-order valence-electron chi connectivity index (χ4n) is 3.47. The lowest BCUT2D eigenvalue weighted by Crippen LogP contribution is -2.33. The van der Waals surface area contributed by atoms with Crippen LogP contribution in [-0.2, 0) is 6.54 Å². The Balaban J connectivity index is 2.00. The zero-order valence-corrected chi connectivity index (χ0v) is 13.8. The number of aromatic nitrogens is 1. The normalized spacial score (nSPS) is 19.0. The van der Waals surface area contributed by atoms with Gasteiger partial charge in [0, 0.05) is 31.5 Å². The highest BCUT2D eigenvalue weighted by molar-refractivity contribution is 5.34. The molecule has 1 aliphatic heterocycles. The first-order valence-corrected chi connectivity index (χ1v) is 8.22. The molecule has 1 atom stereocenters. The zero-order chi connectivity index (χ0) is 15.5. The minimum absolute atomic E-state index is 0.339. The van der Waals surface area contributed by atoms with Crippen molar-refractivity contribution < 1.29 is 4.74 Å². The number of hydrogen-bond acceptors (Lipinski definition) is 2. The third kappa shape index (κ3) is 3.05. The van der Waals surface area contributed by atoms with Gasteiger partial charge in [-0.3, -0.25) is 4.90 Å². The molecule has 0 amide bonds. The van der Waals surface area contributed by atoms with Crippen LogP contribution in [0, 0.1) is 5.92 Å². The second-order valence-electron chi connectivity index (χ2n) is 6.54. The summed E-state index contributed by atoms with van der Waals surface area (Å²) in [5.74, 6) is 1.59. The van der Waals surface area contributed by atoms with Crippen molar-refractivity contribution in [1.29, 1.82) is 0 Å². The standard InChI is InChI=1S/C19H26N2O/c1-15(2)14-21-13-5-12-20-11-4-6-18(20)19(21)16-7-9-17(22-3)10-8-16/h4,6-11,15,19H,5,12-14H2,1-3H3. The van der Waals surface area contributed by atoms with Gasteiger partial charge in [-0.05, 0) is 42.2 Å². The average Bonchev–Trinajstić information content (AvgIpc) is 2.89. The summed E-state index contributed by atoms with van der Waals surface area (Å²) in [7, 11) is 1.72. The molecule has 0 saturated heterocycles. The van der Waals surface area contributed by atoms with Gasteiger partial charge in [0.15, 0.2) is 0 Å². The summed E-state index contributed by atoms with van der Waals surface area (Å²) in [6.45, 7) is 7.99. The van der Waals surface area contributed by atoms with Crippen molar-refractivity contribution in [2.24, 2.45) is 5.92 Å². The number of fused-ring (bicyclic) bond motifs is 1. The molecule has 3 heteroatoms. The molecule has 0 radical (unpaired) electrons. The minimum Gasteiger partial charge on any atom is -0.497 e. The van der Waals surface area contributed by atoms with Crippen molar-refractivity contribution in [3.05, 3.63) is 53.9 Å². The molecule has 118 valence electrons. The van der Waals surface area contributed by atoms with Crippen molar-refractivity contribution in [3.63, 3.8) is 0 Å². The first-order chi connectivity index (χ1) is 10.7. The van der Waals surface area contributed by atoms with Crippen LogP contribution in [0.4, 0.5) is 0 Å². The smallest absolute Gasteiger partial charge is 0.118 e. The van der Waals surface area contributed by atoms with Gasteiger partial charge in [0.1, 0.15) is 5.75 Å². The Labute approximate surface area is 133 Å². The summed E-state index contributed by atoms with van der Waals surface area (Å²) < 4.78 is 7.72. The molecule has 3 nitrogen and oxygen atoms in total. The maximum Gasteiger partial charge on any atom is 0.118 e. The molecule has 0 spiro atoms. The molecule has 2 aromatic rings. The predicted molar refractivity (Wildman–Crippen MR) is 90.3 cm³/mol. The van der Waals surface area contributed by atoms with E-state index >= 15 is 0 Å². The fraction of sp³-hybridized carbons (Fsp3) is 0.474. The van der Waals surface area contributed by atoms with E-state index in [1.165, 1.54) is 17.7 Å². The molecule has 3 rings (SSSR count). The van der Waals surface area contributed by atoms with Gasteiger partial charge < -0.3 is 9.30 Å². The molecule has 22 heavy (non-hydrogen) atoms. The maximum atomic E-state index is 5.31. The van der Waals surface area contributed by atoms with Crippen LogP contribution < -0.4 is 4.74 Å². The fourth-order valence-corrected chi connectivity index (χ4v) is 3.47. The van der Waals surface area contributed by atoms with E-state index < -0.39 is 0 Å². The van der Waals surface area contributed by atoms with E-state index in [9.17, 15) is 0 Å². The molecular weight excluding hydrogens is 272 g/mol. The Morgan fingerprint density at radius 3 is 2.59 bits per heavy atom. The van der Waals surface area contributed by atoms with E-state index in [4.69, 9.17) is 4.74 Å². The Morgan fingerprint density at radius 1 is 1.14 bits per heavy atom. The Kier molecular flexibility index (Phi) is 4.53. The number of rotatable bonds is 4. The summed E-state index contributed by atoms with van der Waals surface area (Å²) >= 11 is 0. The highest BCUT2D eigenvalue weighted by Gasteiger charge is 2.27. The van der Waals surface area contributed by atoms with Gasteiger partial charge in [-0.1, -0.05) is 26.0 Å². The van der Waals surface area contributed by atoms with Gasteiger partial charge >= 0.3 is 0 Å². The molecule has 0 N–H and O–H groups in total. The van der Waals surface area contributed by atoms with Gasteiger partial charge in [-0.15, -0.1) is 0 Å². The highest BCUT2D eigenvalue weighted by Crippen LogP contribution is 2.33. The molecule has 1 aliphatic rings. The number of hydrogen-bond donors (Lipinski definition) is 0. The summed E-state index contributed by atoms with van der Waals surface area (Å²) in [6, 6.07) is 13.3. The third-order valence-electron chi connectivity index (χ3n) is 4.39. The predicted octanol–water partition coefficient (Wildman–Crippen LogP) is 3.95. The largest absolute Gasteiger partial charge is 0.497 e. The molecule has 2 heterocycles.